The number of rotatable bonds is 4. The number of aryl methyl sites for hydroxylation is 3. The van der Waals surface area contributed by atoms with Crippen molar-refractivity contribution >= 4 is 23.3 Å². The highest BCUT2D eigenvalue weighted by molar-refractivity contribution is 6.31. The van der Waals surface area contributed by atoms with Gasteiger partial charge >= 0.3 is 0 Å². The topological polar surface area (TPSA) is 49.3 Å². The molecule has 0 spiro atoms. The van der Waals surface area contributed by atoms with Crippen molar-refractivity contribution in [1.82, 2.24) is 15.1 Å². The van der Waals surface area contributed by atoms with Gasteiger partial charge in [0, 0.05) is 42.3 Å². The van der Waals surface area contributed by atoms with E-state index in [2.05, 4.69) is 48.0 Å². The van der Waals surface area contributed by atoms with E-state index >= 15 is 0 Å². The molecule has 166 valence electrons. The summed E-state index contributed by atoms with van der Waals surface area (Å²) in [6.45, 7) is 8.68. The van der Waals surface area contributed by atoms with Gasteiger partial charge in [-0.1, -0.05) is 23.7 Å². The summed E-state index contributed by atoms with van der Waals surface area (Å²) in [5.41, 5.74) is 5.87. The van der Waals surface area contributed by atoms with Crippen LogP contribution in [-0.2, 0) is 11.2 Å². The average molecular weight is 453 g/mol. The average Bonchev–Trinajstić information content (AvgIpc) is 2.79. The van der Waals surface area contributed by atoms with Crippen molar-refractivity contribution in [3.05, 3.63) is 75.6 Å². The highest BCUT2D eigenvalue weighted by atomic mass is 35.5. The van der Waals surface area contributed by atoms with E-state index in [1.165, 1.54) is 28.8 Å². The van der Waals surface area contributed by atoms with Crippen LogP contribution in [0.1, 0.15) is 22.3 Å². The van der Waals surface area contributed by atoms with E-state index in [1.54, 1.807) is 11.0 Å². The number of amides is 1. The molecule has 1 fully saturated rings. The van der Waals surface area contributed by atoms with Gasteiger partial charge < -0.3 is 9.80 Å². The normalized spacial score (nSPS) is 14.0. The molecule has 0 saturated carbocycles. The Morgan fingerprint density at radius 2 is 1.69 bits per heavy atom. The zero-order chi connectivity index (χ0) is 22.8. The van der Waals surface area contributed by atoms with E-state index in [4.69, 9.17) is 11.6 Å². The van der Waals surface area contributed by atoms with E-state index in [1.807, 2.05) is 12.1 Å². The van der Waals surface area contributed by atoms with Gasteiger partial charge in [-0.3, -0.25) is 4.79 Å². The molecule has 0 atom stereocenters. The largest absolute Gasteiger partial charge is 0.352 e. The summed E-state index contributed by atoms with van der Waals surface area (Å²) < 4.78 is 14.0. The highest BCUT2D eigenvalue weighted by Crippen LogP contribution is 2.26. The summed E-state index contributed by atoms with van der Waals surface area (Å²) in [5, 5.41) is 9.18. The predicted octanol–water partition coefficient (Wildman–Crippen LogP) is 4.75. The Morgan fingerprint density at radius 1 is 0.969 bits per heavy atom. The SMILES string of the molecule is Cc1cc(C)c(-c2ccc(N3CCN(C(=O)Cc4c(F)cccc4Cl)CC3)nn2)cc1C. The number of aromatic nitrogens is 2. The minimum absolute atomic E-state index is 0.0324. The fourth-order valence-electron chi connectivity index (χ4n) is 4.02. The van der Waals surface area contributed by atoms with Crippen LogP contribution in [0.3, 0.4) is 0 Å². The number of halogens is 2. The van der Waals surface area contributed by atoms with Crippen molar-refractivity contribution < 1.29 is 9.18 Å². The number of hydrogen-bond acceptors (Lipinski definition) is 4. The first-order chi connectivity index (χ1) is 15.3. The molecule has 7 heteroatoms. The monoisotopic (exact) mass is 452 g/mol. The maximum absolute atomic E-state index is 14.0. The van der Waals surface area contributed by atoms with Crippen LogP contribution in [0.25, 0.3) is 11.3 Å². The summed E-state index contributed by atoms with van der Waals surface area (Å²) in [4.78, 5) is 16.5. The van der Waals surface area contributed by atoms with Gasteiger partial charge in [0.25, 0.3) is 0 Å². The number of nitrogens with zero attached hydrogens (tertiary/aromatic N) is 4. The number of carbonyl (C=O) groups excluding carboxylic acids is 1. The fraction of sp³-hybridized carbons (Fsp3) is 0.320. The van der Waals surface area contributed by atoms with Crippen LogP contribution in [-0.4, -0.2) is 47.2 Å². The molecule has 0 aliphatic carbocycles. The molecular formula is C25H26ClFN4O. The summed E-state index contributed by atoms with van der Waals surface area (Å²) in [6, 6.07) is 12.8. The zero-order valence-electron chi connectivity index (χ0n) is 18.5. The Labute approximate surface area is 192 Å². The Balaban J connectivity index is 1.39. The summed E-state index contributed by atoms with van der Waals surface area (Å²) >= 11 is 6.06. The van der Waals surface area contributed by atoms with E-state index in [0.717, 1.165) is 17.1 Å². The zero-order valence-corrected chi connectivity index (χ0v) is 19.3. The van der Waals surface area contributed by atoms with Crippen LogP contribution >= 0.6 is 11.6 Å². The molecule has 4 rings (SSSR count). The number of anilines is 1. The Kier molecular flexibility index (Phi) is 6.42. The molecule has 2 aromatic carbocycles. The second kappa shape index (κ2) is 9.25. The molecule has 1 saturated heterocycles. The second-order valence-electron chi connectivity index (χ2n) is 8.27. The van der Waals surface area contributed by atoms with Crippen LogP contribution in [0.2, 0.25) is 5.02 Å². The van der Waals surface area contributed by atoms with Gasteiger partial charge in [-0.15, -0.1) is 10.2 Å². The second-order valence-corrected chi connectivity index (χ2v) is 8.68. The molecule has 5 nitrogen and oxygen atoms in total. The Hall–Kier alpha value is -2.99. The molecule has 3 aromatic rings. The van der Waals surface area contributed by atoms with Crippen molar-refractivity contribution in [3.8, 4) is 11.3 Å². The molecule has 1 amide bonds. The quantitative estimate of drug-likeness (QED) is 0.573. The lowest BCUT2D eigenvalue weighted by atomic mass is 9.99. The molecule has 32 heavy (non-hydrogen) atoms. The molecule has 2 heterocycles. The lowest BCUT2D eigenvalue weighted by Gasteiger charge is -2.35. The predicted molar refractivity (Wildman–Crippen MR) is 126 cm³/mol. The molecule has 1 aliphatic rings. The van der Waals surface area contributed by atoms with Gasteiger partial charge in [0.05, 0.1) is 12.1 Å². The van der Waals surface area contributed by atoms with Gasteiger partial charge in [0.2, 0.25) is 5.91 Å². The van der Waals surface area contributed by atoms with Crippen LogP contribution < -0.4 is 4.90 Å². The number of benzene rings is 2. The van der Waals surface area contributed by atoms with E-state index in [0.29, 0.717) is 26.2 Å². The van der Waals surface area contributed by atoms with E-state index in [9.17, 15) is 9.18 Å². The molecule has 0 N–H and O–H groups in total. The molecule has 0 unspecified atom stereocenters. The Bertz CT molecular complexity index is 1120. The molecule has 0 radical (unpaired) electrons. The first-order valence-electron chi connectivity index (χ1n) is 10.7. The van der Waals surface area contributed by atoms with Crippen LogP contribution in [0.4, 0.5) is 10.2 Å². The van der Waals surface area contributed by atoms with Crippen LogP contribution in [0, 0.1) is 26.6 Å². The highest BCUT2D eigenvalue weighted by Gasteiger charge is 2.24. The van der Waals surface area contributed by atoms with Crippen molar-refractivity contribution in [2.75, 3.05) is 31.1 Å². The van der Waals surface area contributed by atoms with Gasteiger partial charge in [-0.2, -0.15) is 0 Å². The van der Waals surface area contributed by atoms with Crippen LogP contribution in [0.5, 0.6) is 0 Å². The fourth-order valence-corrected chi connectivity index (χ4v) is 4.25. The van der Waals surface area contributed by atoms with Gasteiger partial charge in [-0.05, 0) is 67.8 Å². The minimum Gasteiger partial charge on any atom is -0.352 e. The molecule has 0 bridgehead atoms. The molecule has 1 aromatic heterocycles. The minimum atomic E-state index is -0.446. The molecule has 1 aliphatic heterocycles. The van der Waals surface area contributed by atoms with Gasteiger partial charge in [-0.25, -0.2) is 4.39 Å². The van der Waals surface area contributed by atoms with Crippen molar-refractivity contribution in [1.29, 1.82) is 0 Å². The maximum atomic E-state index is 14.0. The van der Waals surface area contributed by atoms with Gasteiger partial charge in [0.1, 0.15) is 5.82 Å². The number of carbonyl (C=O) groups is 1. The standard InChI is InChI=1S/C25H26ClFN4O/c1-16-13-18(3)19(14-17(16)2)23-7-8-24(29-28-23)30-9-11-31(12-10-30)25(32)15-20-21(26)5-4-6-22(20)27/h4-8,13-14H,9-12,15H2,1-3H3. The number of piperazine rings is 1. The third-order valence-electron chi connectivity index (χ3n) is 6.11. The van der Waals surface area contributed by atoms with Crippen molar-refractivity contribution in [2.24, 2.45) is 0 Å². The third kappa shape index (κ3) is 4.60. The smallest absolute Gasteiger partial charge is 0.227 e. The van der Waals surface area contributed by atoms with Crippen LogP contribution in [0.15, 0.2) is 42.5 Å². The first kappa shape index (κ1) is 22.2. The summed E-state index contributed by atoms with van der Waals surface area (Å²) in [7, 11) is 0. The maximum Gasteiger partial charge on any atom is 0.227 e. The number of hydrogen-bond donors (Lipinski definition) is 0. The van der Waals surface area contributed by atoms with Gasteiger partial charge in [0.15, 0.2) is 5.82 Å². The third-order valence-corrected chi connectivity index (χ3v) is 6.47. The molecular weight excluding hydrogens is 427 g/mol. The summed E-state index contributed by atoms with van der Waals surface area (Å²) in [5.74, 6) is 0.224. The van der Waals surface area contributed by atoms with Crippen molar-refractivity contribution in [2.45, 2.75) is 27.2 Å². The lowest BCUT2D eigenvalue weighted by molar-refractivity contribution is -0.130. The first-order valence-corrected chi connectivity index (χ1v) is 11.1. The van der Waals surface area contributed by atoms with E-state index < -0.39 is 5.82 Å². The lowest BCUT2D eigenvalue weighted by Crippen LogP contribution is -2.49. The Morgan fingerprint density at radius 3 is 2.34 bits per heavy atom. The van der Waals surface area contributed by atoms with Crippen molar-refractivity contribution in [3.63, 3.8) is 0 Å². The summed E-state index contributed by atoms with van der Waals surface area (Å²) in [6.07, 6.45) is -0.0324. The van der Waals surface area contributed by atoms with E-state index in [-0.39, 0.29) is 22.9 Å².